The summed E-state index contributed by atoms with van der Waals surface area (Å²) >= 11 is 10.9. The Bertz CT molecular complexity index is 537. The van der Waals surface area contributed by atoms with Gasteiger partial charge in [-0.05, 0) is 36.1 Å². The van der Waals surface area contributed by atoms with Crippen molar-refractivity contribution < 1.29 is 4.39 Å². The Morgan fingerprint density at radius 3 is 2.65 bits per heavy atom. The second-order valence-corrected chi connectivity index (χ2v) is 5.58. The molecular formula is C13H9BrClFS. The van der Waals surface area contributed by atoms with Crippen LogP contribution in [0.1, 0.15) is 0 Å². The lowest BCUT2D eigenvalue weighted by molar-refractivity contribution is 0.630. The van der Waals surface area contributed by atoms with Crippen molar-refractivity contribution in [3.63, 3.8) is 0 Å². The quantitative estimate of drug-likeness (QED) is 0.643. The minimum absolute atomic E-state index is 0.239. The summed E-state index contributed by atoms with van der Waals surface area (Å²) in [6, 6.07) is 10.4. The fourth-order valence-corrected chi connectivity index (χ4v) is 3.05. The van der Waals surface area contributed by atoms with E-state index in [0.717, 1.165) is 14.9 Å². The Morgan fingerprint density at radius 2 is 2.00 bits per heavy atom. The average Bonchev–Trinajstić information content (AvgIpc) is 2.30. The number of rotatable bonds is 2. The predicted octanol–water partition coefficient (Wildman–Crippen LogP) is 5.63. The Morgan fingerprint density at radius 1 is 1.24 bits per heavy atom. The molecule has 0 heterocycles. The molecule has 0 aliphatic carbocycles. The van der Waals surface area contributed by atoms with E-state index in [0.29, 0.717) is 10.6 Å². The zero-order valence-corrected chi connectivity index (χ0v) is 12.2. The SMILES string of the molecule is CSc1cc(Cl)ccc1-c1c(F)cccc1Br. The molecule has 0 saturated heterocycles. The van der Waals surface area contributed by atoms with E-state index in [1.807, 2.05) is 24.5 Å². The van der Waals surface area contributed by atoms with Crippen LogP contribution in [-0.2, 0) is 0 Å². The summed E-state index contributed by atoms with van der Waals surface area (Å²) < 4.78 is 14.6. The molecule has 0 unspecified atom stereocenters. The molecule has 0 bridgehead atoms. The monoisotopic (exact) mass is 330 g/mol. The molecule has 0 atom stereocenters. The third-order valence-corrected chi connectivity index (χ3v) is 4.07. The molecule has 0 fully saturated rings. The van der Waals surface area contributed by atoms with Gasteiger partial charge < -0.3 is 0 Å². The van der Waals surface area contributed by atoms with Crippen LogP contribution in [0.15, 0.2) is 45.8 Å². The van der Waals surface area contributed by atoms with E-state index in [9.17, 15) is 4.39 Å². The molecule has 2 rings (SSSR count). The molecule has 0 nitrogen and oxygen atoms in total. The maximum absolute atomic E-state index is 13.9. The summed E-state index contributed by atoms with van der Waals surface area (Å²) in [5.74, 6) is -0.239. The first-order valence-corrected chi connectivity index (χ1v) is 7.31. The number of hydrogen-bond donors (Lipinski definition) is 0. The molecule has 2 aromatic carbocycles. The molecule has 0 radical (unpaired) electrons. The third-order valence-electron chi connectivity index (χ3n) is 2.40. The van der Waals surface area contributed by atoms with E-state index in [2.05, 4.69) is 15.9 Å². The second-order valence-electron chi connectivity index (χ2n) is 3.44. The highest BCUT2D eigenvalue weighted by atomic mass is 79.9. The number of hydrogen-bond acceptors (Lipinski definition) is 1. The van der Waals surface area contributed by atoms with Crippen molar-refractivity contribution in [2.45, 2.75) is 4.90 Å². The number of halogens is 3. The minimum Gasteiger partial charge on any atom is -0.206 e. The van der Waals surface area contributed by atoms with Crippen molar-refractivity contribution >= 4 is 39.3 Å². The maximum Gasteiger partial charge on any atom is 0.132 e. The Kier molecular flexibility index (Phi) is 4.13. The van der Waals surface area contributed by atoms with Crippen LogP contribution in [0.5, 0.6) is 0 Å². The van der Waals surface area contributed by atoms with E-state index in [1.54, 1.807) is 23.9 Å². The molecule has 0 aromatic heterocycles. The van der Waals surface area contributed by atoms with Crippen molar-refractivity contribution in [2.75, 3.05) is 6.26 Å². The molecule has 0 N–H and O–H groups in total. The van der Waals surface area contributed by atoms with Crippen LogP contribution < -0.4 is 0 Å². The summed E-state index contributed by atoms with van der Waals surface area (Å²) in [6.07, 6.45) is 1.95. The molecular weight excluding hydrogens is 323 g/mol. The van der Waals surface area contributed by atoms with Gasteiger partial charge in [-0.25, -0.2) is 4.39 Å². The van der Waals surface area contributed by atoms with Gasteiger partial charge in [-0.3, -0.25) is 0 Å². The highest BCUT2D eigenvalue weighted by Gasteiger charge is 2.13. The summed E-state index contributed by atoms with van der Waals surface area (Å²) in [4.78, 5) is 0.961. The lowest BCUT2D eigenvalue weighted by Crippen LogP contribution is -1.88. The predicted molar refractivity (Wildman–Crippen MR) is 76.3 cm³/mol. The third kappa shape index (κ3) is 2.67. The van der Waals surface area contributed by atoms with Crippen LogP contribution in [0.4, 0.5) is 4.39 Å². The van der Waals surface area contributed by atoms with E-state index in [4.69, 9.17) is 11.6 Å². The molecule has 4 heteroatoms. The number of thioether (sulfide) groups is 1. The van der Waals surface area contributed by atoms with Crippen LogP contribution in [-0.4, -0.2) is 6.26 Å². The average molecular weight is 332 g/mol. The van der Waals surface area contributed by atoms with Crippen LogP contribution >= 0.6 is 39.3 Å². The fraction of sp³-hybridized carbons (Fsp3) is 0.0769. The summed E-state index contributed by atoms with van der Waals surface area (Å²) in [5, 5.41) is 0.658. The first kappa shape index (κ1) is 12.9. The van der Waals surface area contributed by atoms with Gasteiger partial charge in [-0.2, -0.15) is 0 Å². The highest BCUT2D eigenvalue weighted by Crippen LogP contribution is 2.37. The van der Waals surface area contributed by atoms with E-state index < -0.39 is 0 Å². The fourth-order valence-electron chi connectivity index (χ4n) is 1.63. The van der Waals surface area contributed by atoms with E-state index >= 15 is 0 Å². The molecule has 0 saturated carbocycles. The van der Waals surface area contributed by atoms with Crippen molar-refractivity contribution in [3.05, 3.63) is 51.7 Å². The largest absolute Gasteiger partial charge is 0.206 e. The zero-order chi connectivity index (χ0) is 12.4. The number of benzene rings is 2. The molecule has 2 aromatic rings. The van der Waals surface area contributed by atoms with E-state index in [-0.39, 0.29) is 5.82 Å². The van der Waals surface area contributed by atoms with Crippen molar-refractivity contribution in [2.24, 2.45) is 0 Å². The van der Waals surface area contributed by atoms with Gasteiger partial charge in [0.05, 0.1) is 0 Å². The summed E-state index contributed by atoms with van der Waals surface area (Å²) in [5.41, 5.74) is 1.43. The molecule has 0 aliphatic heterocycles. The smallest absolute Gasteiger partial charge is 0.132 e. The normalized spacial score (nSPS) is 10.6. The summed E-state index contributed by atoms with van der Waals surface area (Å²) in [6.45, 7) is 0. The van der Waals surface area contributed by atoms with Gasteiger partial charge in [-0.1, -0.05) is 39.7 Å². The van der Waals surface area contributed by atoms with Gasteiger partial charge in [0, 0.05) is 20.0 Å². The molecule has 88 valence electrons. The minimum atomic E-state index is -0.239. The van der Waals surface area contributed by atoms with Gasteiger partial charge in [0.25, 0.3) is 0 Å². The van der Waals surface area contributed by atoms with Crippen LogP contribution in [0.2, 0.25) is 5.02 Å². The van der Waals surface area contributed by atoms with Crippen molar-refractivity contribution in [3.8, 4) is 11.1 Å². The van der Waals surface area contributed by atoms with E-state index in [1.165, 1.54) is 6.07 Å². The van der Waals surface area contributed by atoms with Gasteiger partial charge in [0.1, 0.15) is 5.82 Å². The van der Waals surface area contributed by atoms with Gasteiger partial charge in [0.15, 0.2) is 0 Å². The molecule has 0 amide bonds. The molecule has 0 aliphatic rings. The molecule has 17 heavy (non-hydrogen) atoms. The van der Waals surface area contributed by atoms with Crippen molar-refractivity contribution in [1.29, 1.82) is 0 Å². The Hall–Kier alpha value is -0.510. The maximum atomic E-state index is 13.9. The van der Waals surface area contributed by atoms with Gasteiger partial charge >= 0.3 is 0 Å². The van der Waals surface area contributed by atoms with Crippen molar-refractivity contribution in [1.82, 2.24) is 0 Å². The van der Waals surface area contributed by atoms with Gasteiger partial charge in [-0.15, -0.1) is 11.8 Å². The second kappa shape index (κ2) is 5.42. The van der Waals surface area contributed by atoms with Crippen LogP contribution in [0, 0.1) is 5.82 Å². The molecule has 0 spiro atoms. The van der Waals surface area contributed by atoms with Crippen LogP contribution in [0.25, 0.3) is 11.1 Å². The Balaban J connectivity index is 2.68. The van der Waals surface area contributed by atoms with Crippen LogP contribution in [0.3, 0.4) is 0 Å². The van der Waals surface area contributed by atoms with Gasteiger partial charge in [0.2, 0.25) is 0 Å². The lowest BCUT2D eigenvalue weighted by Gasteiger charge is -2.11. The highest BCUT2D eigenvalue weighted by molar-refractivity contribution is 9.10. The first-order valence-electron chi connectivity index (χ1n) is 4.91. The standard InChI is InChI=1S/C13H9BrClFS/c1-17-12-7-8(15)5-6-9(12)13-10(14)3-2-4-11(13)16/h2-7H,1H3. The topological polar surface area (TPSA) is 0 Å². The first-order chi connectivity index (χ1) is 8.13. The Labute approximate surface area is 117 Å². The lowest BCUT2D eigenvalue weighted by atomic mass is 10.1. The summed E-state index contributed by atoms with van der Waals surface area (Å²) in [7, 11) is 0. The zero-order valence-electron chi connectivity index (χ0n) is 9.01.